The molecule has 1 N–H and O–H groups in total. The molecule has 1 amide bonds. The second kappa shape index (κ2) is 8.37. The summed E-state index contributed by atoms with van der Waals surface area (Å²) in [6.45, 7) is 3.26. The van der Waals surface area contributed by atoms with Gasteiger partial charge in [-0.2, -0.15) is 0 Å². The molecule has 0 heterocycles. The lowest BCUT2D eigenvalue weighted by molar-refractivity contribution is -0.125. The minimum atomic E-state index is -1.21. The second-order valence-electron chi connectivity index (χ2n) is 5.61. The summed E-state index contributed by atoms with van der Waals surface area (Å²) in [7, 11) is 0. The van der Waals surface area contributed by atoms with Crippen LogP contribution >= 0.6 is 0 Å². The lowest BCUT2D eigenvalue weighted by Crippen LogP contribution is -2.32. The van der Waals surface area contributed by atoms with Crippen molar-refractivity contribution in [2.45, 2.75) is 26.3 Å². The fourth-order valence-electron chi connectivity index (χ4n) is 2.35. The number of rotatable bonds is 6. The lowest BCUT2D eigenvalue weighted by atomic mass is 10.0. The van der Waals surface area contributed by atoms with E-state index in [0.717, 1.165) is 29.3 Å². The topological polar surface area (TPSA) is 55.4 Å². The van der Waals surface area contributed by atoms with Crippen LogP contribution in [0.25, 0.3) is 0 Å². The van der Waals surface area contributed by atoms with Crippen molar-refractivity contribution < 1.29 is 23.1 Å². The van der Waals surface area contributed by atoms with E-state index in [1.54, 1.807) is 0 Å². The maximum atomic E-state index is 13.5. The molecule has 0 saturated heterocycles. The predicted molar refractivity (Wildman–Crippen MR) is 89.0 cm³/mol. The highest BCUT2D eigenvalue weighted by molar-refractivity contribution is 5.91. The molecule has 2 rings (SSSR count). The highest BCUT2D eigenvalue weighted by Gasteiger charge is 2.20. The van der Waals surface area contributed by atoms with Gasteiger partial charge in [-0.3, -0.25) is 4.79 Å². The second-order valence-corrected chi connectivity index (χ2v) is 5.61. The predicted octanol–water partition coefficient (Wildman–Crippen LogP) is 3.70. The van der Waals surface area contributed by atoms with E-state index in [-0.39, 0.29) is 6.04 Å². The highest BCUT2D eigenvalue weighted by atomic mass is 19.1. The van der Waals surface area contributed by atoms with Crippen LogP contribution in [-0.2, 0) is 9.53 Å². The van der Waals surface area contributed by atoms with Gasteiger partial charge in [0.25, 0.3) is 5.91 Å². The Morgan fingerprint density at radius 3 is 2.24 bits per heavy atom. The minimum absolute atomic E-state index is 0.239. The third-order valence-corrected chi connectivity index (χ3v) is 3.72. The van der Waals surface area contributed by atoms with Gasteiger partial charge < -0.3 is 10.1 Å². The van der Waals surface area contributed by atoms with Crippen molar-refractivity contribution in [1.82, 2.24) is 5.32 Å². The number of esters is 1. The SMILES string of the molecule is CC[C@H](NC(=O)COC(=O)c1c(F)cccc1F)c1ccc(C)cc1. The van der Waals surface area contributed by atoms with Crippen molar-refractivity contribution in [3.05, 3.63) is 70.8 Å². The van der Waals surface area contributed by atoms with Crippen LogP contribution < -0.4 is 5.32 Å². The molecule has 0 radical (unpaired) electrons. The Labute approximate surface area is 144 Å². The van der Waals surface area contributed by atoms with Crippen molar-refractivity contribution >= 4 is 11.9 Å². The number of carbonyl (C=O) groups is 2. The van der Waals surface area contributed by atoms with Crippen molar-refractivity contribution in [2.24, 2.45) is 0 Å². The van der Waals surface area contributed by atoms with E-state index < -0.39 is 35.7 Å². The number of carbonyl (C=O) groups excluding carboxylic acids is 2. The van der Waals surface area contributed by atoms with Crippen LogP contribution in [0, 0.1) is 18.6 Å². The number of aryl methyl sites for hydroxylation is 1. The molecule has 0 fully saturated rings. The Bertz CT molecular complexity index is 740. The molecule has 0 unspecified atom stereocenters. The molecular formula is C19H19F2NO3. The number of halogens is 2. The third-order valence-electron chi connectivity index (χ3n) is 3.72. The van der Waals surface area contributed by atoms with Crippen LogP contribution in [-0.4, -0.2) is 18.5 Å². The standard InChI is InChI=1S/C19H19F2NO3/c1-3-16(13-9-7-12(2)8-10-13)22-17(23)11-25-19(24)18-14(20)5-4-6-15(18)21/h4-10,16H,3,11H2,1-2H3,(H,22,23)/t16-/m0/s1. The summed E-state index contributed by atoms with van der Waals surface area (Å²) in [6, 6.07) is 10.5. The first-order chi connectivity index (χ1) is 11.9. The van der Waals surface area contributed by atoms with Crippen LogP contribution in [0.4, 0.5) is 8.78 Å². The molecule has 0 bridgehead atoms. The van der Waals surface area contributed by atoms with E-state index in [2.05, 4.69) is 5.32 Å². The van der Waals surface area contributed by atoms with Gasteiger partial charge in [-0.1, -0.05) is 42.8 Å². The first-order valence-electron chi connectivity index (χ1n) is 7.89. The zero-order valence-corrected chi connectivity index (χ0v) is 14.0. The smallest absolute Gasteiger partial charge is 0.344 e. The number of ether oxygens (including phenoxy) is 1. The Balaban J connectivity index is 1.95. The summed E-state index contributed by atoms with van der Waals surface area (Å²) in [5, 5.41) is 2.73. The van der Waals surface area contributed by atoms with Gasteiger partial charge in [-0.05, 0) is 31.0 Å². The number of benzene rings is 2. The van der Waals surface area contributed by atoms with Crippen LogP contribution in [0.5, 0.6) is 0 Å². The monoisotopic (exact) mass is 347 g/mol. The molecule has 1 atom stereocenters. The first kappa shape index (κ1) is 18.6. The summed E-state index contributed by atoms with van der Waals surface area (Å²) < 4.78 is 31.7. The molecule has 132 valence electrons. The van der Waals surface area contributed by atoms with Gasteiger partial charge in [0, 0.05) is 0 Å². The van der Waals surface area contributed by atoms with Gasteiger partial charge in [0.1, 0.15) is 17.2 Å². The van der Waals surface area contributed by atoms with Crippen molar-refractivity contribution in [3.8, 4) is 0 Å². The van der Waals surface area contributed by atoms with Crippen LogP contribution in [0.3, 0.4) is 0 Å². The maximum Gasteiger partial charge on any atom is 0.344 e. The van der Waals surface area contributed by atoms with E-state index in [9.17, 15) is 18.4 Å². The van der Waals surface area contributed by atoms with Gasteiger partial charge in [0.2, 0.25) is 0 Å². The number of nitrogens with one attached hydrogen (secondary N) is 1. The summed E-state index contributed by atoms with van der Waals surface area (Å²) >= 11 is 0. The zero-order chi connectivity index (χ0) is 18.4. The lowest BCUT2D eigenvalue weighted by Gasteiger charge is -2.17. The molecule has 0 aromatic heterocycles. The van der Waals surface area contributed by atoms with Gasteiger partial charge in [0.15, 0.2) is 6.61 Å². The van der Waals surface area contributed by atoms with Gasteiger partial charge in [0.05, 0.1) is 6.04 Å². The Morgan fingerprint density at radius 2 is 1.68 bits per heavy atom. The molecule has 4 nitrogen and oxygen atoms in total. The molecule has 2 aromatic carbocycles. The van der Waals surface area contributed by atoms with Crippen molar-refractivity contribution in [3.63, 3.8) is 0 Å². The Kier molecular flexibility index (Phi) is 6.22. The fourth-order valence-corrected chi connectivity index (χ4v) is 2.35. The largest absolute Gasteiger partial charge is 0.452 e. The average molecular weight is 347 g/mol. The van der Waals surface area contributed by atoms with Crippen LogP contribution in [0.1, 0.15) is 40.9 Å². The van der Waals surface area contributed by atoms with E-state index in [4.69, 9.17) is 4.74 Å². The molecule has 0 aliphatic heterocycles. The summed E-state index contributed by atoms with van der Waals surface area (Å²) in [6.07, 6.45) is 0.644. The van der Waals surface area contributed by atoms with E-state index in [1.165, 1.54) is 0 Å². The third kappa shape index (κ3) is 4.86. The molecule has 6 heteroatoms. The fraction of sp³-hybridized carbons (Fsp3) is 0.263. The van der Waals surface area contributed by atoms with Crippen molar-refractivity contribution in [1.29, 1.82) is 0 Å². The van der Waals surface area contributed by atoms with Gasteiger partial charge in [-0.25, -0.2) is 13.6 Å². The van der Waals surface area contributed by atoms with Crippen LogP contribution in [0.2, 0.25) is 0 Å². The van der Waals surface area contributed by atoms with E-state index in [1.807, 2.05) is 38.1 Å². The van der Waals surface area contributed by atoms with Gasteiger partial charge in [-0.15, -0.1) is 0 Å². The summed E-state index contributed by atoms with van der Waals surface area (Å²) in [5.74, 6) is -3.82. The van der Waals surface area contributed by atoms with Crippen LogP contribution in [0.15, 0.2) is 42.5 Å². The Morgan fingerprint density at radius 1 is 1.08 bits per heavy atom. The molecule has 25 heavy (non-hydrogen) atoms. The first-order valence-corrected chi connectivity index (χ1v) is 7.89. The van der Waals surface area contributed by atoms with E-state index in [0.29, 0.717) is 6.42 Å². The summed E-state index contributed by atoms with van der Waals surface area (Å²) in [4.78, 5) is 23.8. The highest BCUT2D eigenvalue weighted by Crippen LogP contribution is 2.17. The van der Waals surface area contributed by atoms with Crippen molar-refractivity contribution in [2.75, 3.05) is 6.61 Å². The number of hydrogen-bond acceptors (Lipinski definition) is 3. The van der Waals surface area contributed by atoms with Gasteiger partial charge >= 0.3 is 5.97 Å². The number of hydrogen-bond donors (Lipinski definition) is 1. The molecule has 0 aliphatic carbocycles. The number of amides is 1. The minimum Gasteiger partial charge on any atom is -0.452 e. The zero-order valence-electron chi connectivity index (χ0n) is 14.0. The molecule has 0 aliphatic rings. The quantitative estimate of drug-likeness (QED) is 0.811. The molecule has 0 spiro atoms. The Hall–Kier alpha value is -2.76. The summed E-state index contributed by atoms with van der Waals surface area (Å²) in [5.41, 5.74) is 1.22. The molecule has 0 saturated carbocycles. The average Bonchev–Trinajstić information content (AvgIpc) is 2.58. The van der Waals surface area contributed by atoms with E-state index >= 15 is 0 Å². The normalized spacial score (nSPS) is 11.7. The molecule has 2 aromatic rings. The maximum absolute atomic E-state index is 13.5. The molecular weight excluding hydrogens is 328 g/mol.